The molecule has 0 radical (unpaired) electrons. The second-order valence-electron chi connectivity index (χ2n) is 8.75. The van der Waals surface area contributed by atoms with E-state index in [4.69, 9.17) is 32.8 Å². The van der Waals surface area contributed by atoms with Crippen molar-refractivity contribution in [2.24, 2.45) is 22.9 Å². The Morgan fingerprint density at radius 1 is 1.03 bits per heavy atom. The van der Waals surface area contributed by atoms with E-state index in [1.165, 1.54) is 0 Å². The smallest absolute Gasteiger partial charge is 0.410 e. The number of nitrogens with zero attached hydrogens (tertiary/aromatic N) is 2. The quantitative estimate of drug-likeness (QED) is 0.434. The molecule has 1 heterocycles. The van der Waals surface area contributed by atoms with Crippen molar-refractivity contribution in [3.63, 3.8) is 0 Å². The van der Waals surface area contributed by atoms with E-state index >= 15 is 0 Å². The molecule has 2 fully saturated rings. The lowest BCUT2D eigenvalue weighted by Gasteiger charge is -2.26. The number of para-hydroxylation sites is 1. The molecule has 5 nitrogen and oxygen atoms in total. The minimum Gasteiger partial charge on any atom is -0.444 e. The van der Waals surface area contributed by atoms with Crippen LogP contribution in [0.5, 0.6) is 5.75 Å². The molecule has 1 saturated carbocycles. The molecular formula is C23H24Cl2N2O3. The molecule has 30 heavy (non-hydrogen) atoms. The summed E-state index contributed by atoms with van der Waals surface area (Å²) in [7, 11) is 0. The number of ether oxygens (including phenoxy) is 1. The van der Waals surface area contributed by atoms with Gasteiger partial charge in [0.2, 0.25) is 0 Å². The lowest BCUT2D eigenvalue weighted by atomic mass is 10.0. The fourth-order valence-electron chi connectivity index (χ4n) is 3.95. The van der Waals surface area contributed by atoms with Crippen LogP contribution in [0.1, 0.15) is 26.3 Å². The maximum absolute atomic E-state index is 12.4. The Labute approximate surface area is 186 Å². The molecule has 1 aliphatic carbocycles. The van der Waals surface area contributed by atoms with Crippen molar-refractivity contribution in [1.29, 1.82) is 0 Å². The number of amides is 1. The van der Waals surface area contributed by atoms with Crippen LogP contribution in [0, 0.1) is 17.8 Å². The summed E-state index contributed by atoms with van der Waals surface area (Å²) in [6.07, 6.45) is -0.262. The number of hydrogen-bond acceptors (Lipinski definition) is 4. The fraction of sp³-hybridized carbons (Fsp3) is 0.391. The summed E-state index contributed by atoms with van der Waals surface area (Å²) < 4.78 is 5.51. The van der Waals surface area contributed by atoms with Gasteiger partial charge >= 0.3 is 6.09 Å². The zero-order valence-electron chi connectivity index (χ0n) is 17.1. The topological polar surface area (TPSA) is 51.1 Å². The van der Waals surface area contributed by atoms with Crippen LogP contribution in [-0.4, -0.2) is 35.4 Å². The number of oxime groups is 1. The Bertz CT molecular complexity index is 960. The maximum atomic E-state index is 12.4. The lowest BCUT2D eigenvalue weighted by molar-refractivity contribution is 0.0270. The lowest BCUT2D eigenvalue weighted by Crippen LogP contribution is -2.37. The van der Waals surface area contributed by atoms with Gasteiger partial charge in [-0.25, -0.2) is 4.79 Å². The van der Waals surface area contributed by atoms with Crippen molar-refractivity contribution in [3.05, 3.63) is 64.1 Å². The largest absolute Gasteiger partial charge is 0.444 e. The van der Waals surface area contributed by atoms with E-state index in [1.54, 1.807) is 11.0 Å². The fourth-order valence-corrected chi connectivity index (χ4v) is 4.25. The molecule has 1 aliphatic heterocycles. The van der Waals surface area contributed by atoms with Crippen molar-refractivity contribution in [1.82, 2.24) is 4.90 Å². The average Bonchev–Trinajstić information content (AvgIpc) is 3.15. The molecule has 1 saturated heterocycles. The first-order chi connectivity index (χ1) is 14.2. The van der Waals surface area contributed by atoms with Crippen LogP contribution < -0.4 is 4.84 Å². The third-order valence-corrected chi connectivity index (χ3v) is 6.11. The van der Waals surface area contributed by atoms with E-state index in [-0.39, 0.29) is 12.0 Å². The molecule has 2 unspecified atom stereocenters. The second-order valence-corrected chi connectivity index (χ2v) is 9.56. The highest BCUT2D eigenvalue weighted by Gasteiger charge is 2.59. The number of rotatable bonds is 4. The van der Waals surface area contributed by atoms with E-state index in [0.717, 1.165) is 11.3 Å². The highest BCUT2D eigenvalue weighted by atomic mass is 35.5. The molecule has 4 rings (SSSR count). The summed E-state index contributed by atoms with van der Waals surface area (Å²) in [6, 6.07) is 14.9. The van der Waals surface area contributed by atoms with Crippen LogP contribution in [0.3, 0.4) is 0 Å². The molecule has 0 N–H and O–H groups in total. The predicted molar refractivity (Wildman–Crippen MR) is 118 cm³/mol. The van der Waals surface area contributed by atoms with Gasteiger partial charge < -0.3 is 14.5 Å². The summed E-state index contributed by atoms with van der Waals surface area (Å²) in [4.78, 5) is 19.9. The van der Waals surface area contributed by atoms with Crippen LogP contribution in [0.2, 0.25) is 10.0 Å². The number of piperidine rings is 1. The van der Waals surface area contributed by atoms with E-state index in [9.17, 15) is 4.79 Å². The first-order valence-electron chi connectivity index (χ1n) is 9.96. The molecular weight excluding hydrogens is 423 g/mol. The van der Waals surface area contributed by atoms with E-state index in [2.05, 4.69) is 5.16 Å². The molecule has 2 aliphatic rings. The van der Waals surface area contributed by atoms with E-state index in [0.29, 0.717) is 40.7 Å². The summed E-state index contributed by atoms with van der Waals surface area (Å²) in [5.41, 5.74) is 1.21. The molecule has 2 aromatic carbocycles. The maximum Gasteiger partial charge on any atom is 0.410 e. The van der Waals surface area contributed by atoms with Crippen molar-refractivity contribution in [2.75, 3.05) is 13.1 Å². The van der Waals surface area contributed by atoms with Crippen LogP contribution in [0.15, 0.2) is 53.7 Å². The van der Waals surface area contributed by atoms with Crippen LogP contribution >= 0.6 is 23.2 Å². The molecule has 0 bridgehead atoms. The zero-order valence-corrected chi connectivity index (χ0v) is 18.7. The van der Waals surface area contributed by atoms with Crippen molar-refractivity contribution >= 4 is 35.0 Å². The van der Waals surface area contributed by atoms with Gasteiger partial charge in [0.05, 0.1) is 15.8 Å². The highest BCUT2D eigenvalue weighted by Crippen LogP contribution is 2.53. The number of halogens is 2. The number of carbonyl (C=O) groups excluding carboxylic acids is 1. The Kier molecular flexibility index (Phi) is 5.69. The van der Waals surface area contributed by atoms with Gasteiger partial charge in [-0.2, -0.15) is 0 Å². The minimum absolute atomic E-state index is 0.199. The van der Waals surface area contributed by atoms with Gasteiger partial charge in [0, 0.05) is 24.6 Å². The average molecular weight is 447 g/mol. The number of benzene rings is 2. The van der Waals surface area contributed by atoms with Crippen LogP contribution in [0.4, 0.5) is 4.79 Å². The second kappa shape index (κ2) is 8.12. The van der Waals surface area contributed by atoms with Crippen LogP contribution in [-0.2, 0) is 4.74 Å². The summed E-state index contributed by atoms with van der Waals surface area (Å²) in [5.74, 6) is 1.51. The van der Waals surface area contributed by atoms with Gasteiger partial charge in [0.1, 0.15) is 5.60 Å². The third-order valence-electron chi connectivity index (χ3n) is 5.37. The molecule has 2 aromatic rings. The first-order valence-corrected chi connectivity index (χ1v) is 10.7. The van der Waals surface area contributed by atoms with Crippen molar-refractivity contribution in [3.8, 4) is 5.75 Å². The van der Waals surface area contributed by atoms with Gasteiger partial charge in [0.15, 0.2) is 5.75 Å². The Morgan fingerprint density at radius 3 is 2.30 bits per heavy atom. The van der Waals surface area contributed by atoms with Crippen molar-refractivity contribution in [2.45, 2.75) is 26.4 Å². The summed E-state index contributed by atoms with van der Waals surface area (Å²) in [6.45, 7) is 6.92. The van der Waals surface area contributed by atoms with Crippen LogP contribution in [0.25, 0.3) is 0 Å². The molecule has 0 aromatic heterocycles. The normalized spacial score (nSPS) is 23.2. The minimum atomic E-state index is -0.501. The van der Waals surface area contributed by atoms with Crippen molar-refractivity contribution < 1.29 is 14.4 Å². The number of carbonyl (C=O) groups is 1. The SMILES string of the molecule is CC(C)(C)OC(=O)N1CC2C(C1)C2C(=NOc1ccccc1)c1ccc(Cl)c(Cl)c1. The van der Waals surface area contributed by atoms with E-state index in [1.807, 2.05) is 63.2 Å². The molecule has 0 spiro atoms. The Balaban J connectivity index is 1.52. The predicted octanol–water partition coefficient (Wildman–Crippen LogP) is 5.89. The Hall–Kier alpha value is -2.24. The standard InChI is InChI=1S/C23H24Cl2N2O3/c1-23(2,3)29-22(28)27-12-16-17(13-27)20(16)21(14-9-10-18(24)19(25)11-14)26-30-15-7-5-4-6-8-15/h4-11,16-17,20H,12-13H2,1-3H3. The molecule has 7 heteroatoms. The van der Waals surface area contributed by atoms with E-state index < -0.39 is 5.60 Å². The highest BCUT2D eigenvalue weighted by molar-refractivity contribution is 6.42. The Morgan fingerprint density at radius 2 is 1.70 bits per heavy atom. The van der Waals surface area contributed by atoms with Gasteiger partial charge in [-0.1, -0.05) is 52.6 Å². The summed E-state index contributed by atoms with van der Waals surface area (Å²) >= 11 is 12.3. The molecule has 158 valence electrons. The first kappa shape index (κ1) is 21.0. The zero-order chi connectivity index (χ0) is 21.5. The molecule has 1 amide bonds. The monoisotopic (exact) mass is 446 g/mol. The third kappa shape index (κ3) is 4.57. The number of hydrogen-bond donors (Lipinski definition) is 0. The number of fused-ring (bicyclic) bond motifs is 1. The van der Waals surface area contributed by atoms with Gasteiger partial charge in [-0.15, -0.1) is 0 Å². The molecule has 2 atom stereocenters. The number of likely N-dealkylation sites (tertiary alicyclic amines) is 1. The summed E-state index contributed by atoms with van der Waals surface area (Å²) in [5, 5.41) is 5.46. The van der Waals surface area contributed by atoms with Gasteiger partial charge in [-0.3, -0.25) is 0 Å². The van der Waals surface area contributed by atoms with Gasteiger partial charge in [-0.05, 0) is 56.9 Å². The van der Waals surface area contributed by atoms with Gasteiger partial charge in [0.25, 0.3) is 0 Å².